The Bertz CT molecular complexity index is 694. The molecule has 0 N–H and O–H groups in total. The molecule has 0 aromatic heterocycles. The number of carbonyl (C=O) groups excluding carboxylic acids is 1. The molecule has 118 valence electrons. The highest BCUT2D eigenvalue weighted by molar-refractivity contribution is 5.77. The normalized spacial score (nSPS) is 19.6. The van der Waals surface area contributed by atoms with E-state index < -0.39 is 0 Å². The minimum atomic E-state index is -0.272. The number of nitrogens with zero attached hydrogens (tertiary/aromatic N) is 1. The molecule has 23 heavy (non-hydrogen) atoms. The molecule has 2 aromatic rings. The van der Waals surface area contributed by atoms with Crippen LogP contribution in [0.15, 0.2) is 66.9 Å². The lowest BCUT2D eigenvalue weighted by molar-refractivity contribution is 0.166. The van der Waals surface area contributed by atoms with Crippen molar-refractivity contribution in [1.82, 2.24) is 4.90 Å². The summed E-state index contributed by atoms with van der Waals surface area (Å²) in [5.74, 6) is 0.180. The van der Waals surface area contributed by atoms with Crippen molar-refractivity contribution in [3.63, 3.8) is 0 Å². The van der Waals surface area contributed by atoms with Gasteiger partial charge in [0.1, 0.15) is 6.61 Å². The fourth-order valence-corrected chi connectivity index (χ4v) is 2.84. The maximum atomic E-state index is 12.0. The number of carbonyl (C=O) groups is 1. The molecule has 3 nitrogen and oxygen atoms in total. The highest BCUT2D eigenvalue weighted by Crippen LogP contribution is 2.33. The van der Waals surface area contributed by atoms with Crippen LogP contribution in [0.3, 0.4) is 0 Å². The first-order valence-electron chi connectivity index (χ1n) is 7.94. The van der Waals surface area contributed by atoms with Crippen molar-refractivity contribution in [1.29, 1.82) is 0 Å². The highest BCUT2D eigenvalue weighted by Gasteiger charge is 2.29. The molecule has 3 heteroatoms. The topological polar surface area (TPSA) is 29.5 Å². The van der Waals surface area contributed by atoms with Gasteiger partial charge in [-0.25, -0.2) is 4.79 Å². The van der Waals surface area contributed by atoms with Gasteiger partial charge < -0.3 is 4.74 Å². The summed E-state index contributed by atoms with van der Waals surface area (Å²) in [6.45, 7) is 4.61. The first-order valence-corrected chi connectivity index (χ1v) is 7.94. The van der Waals surface area contributed by atoms with Crippen LogP contribution < -0.4 is 0 Å². The molecule has 1 aliphatic rings. The van der Waals surface area contributed by atoms with E-state index in [0.29, 0.717) is 6.61 Å². The first-order chi connectivity index (χ1) is 11.2. The molecule has 0 bridgehead atoms. The summed E-state index contributed by atoms with van der Waals surface area (Å²) < 4.78 is 5.14. The van der Waals surface area contributed by atoms with E-state index in [0.717, 1.165) is 11.1 Å². The number of cyclic esters (lactones) is 1. The van der Waals surface area contributed by atoms with E-state index in [1.807, 2.05) is 49.5 Å². The van der Waals surface area contributed by atoms with Gasteiger partial charge in [-0.1, -0.05) is 67.6 Å². The standard InChI is InChI=1S/C20H21NO2/c1-15-14-23-20(22)21(15)13-19(18-11-7-4-8-12-18)16(2)17-9-5-3-6-10-17/h3-13,15-16H,14H2,1-2H3/b19-13+/t15-,16+/m1/s1. The average molecular weight is 307 g/mol. The van der Waals surface area contributed by atoms with Gasteiger partial charge in [-0.2, -0.15) is 0 Å². The minimum absolute atomic E-state index is 0.0594. The Balaban J connectivity index is 2.02. The zero-order valence-electron chi connectivity index (χ0n) is 13.5. The van der Waals surface area contributed by atoms with E-state index >= 15 is 0 Å². The largest absolute Gasteiger partial charge is 0.447 e. The van der Waals surface area contributed by atoms with Crippen LogP contribution in [0, 0.1) is 0 Å². The fraction of sp³-hybridized carbons (Fsp3) is 0.250. The van der Waals surface area contributed by atoms with E-state index in [9.17, 15) is 4.79 Å². The van der Waals surface area contributed by atoms with Gasteiger partial charge in [-0.05, 0) is 23.6 Å². The van der Waals surface area contributed by atoms with Crippen LogP contribution in [0.2, 0.25) is 0 Å². The summed E-state index contributed by atoms with van der Waals surface area (Å²) >= 11 is 0. The quantitative estimate of drug-likeness (QED) is 0.821. The number of ether oxygens (including phenoxy) is 1. The maximum Gasteiger partial charge on any atom is 0.414 e. The fourth-order valence-electron chi connectivity index (χ4n) is 2.84. The van der Waals surface area contributed by atoms with Gasteiger partial charge in [-0.3, -0.25) is 4.90 Å². The molecule has 1 heterocycles. The number of hydrogen-bond acceptors (Lipinski definition) is 2. The van der Waals surface area contributed by atoms with Crippen LogP contribution in [-0.2, 0) is 4.74 Å². The van der Waals surface area contributed by atoms with Gasteiger partial charge in [0.2, 0.25) is 0 Å². The van der Waals surface area contributed by atoms with Crippen LogP contribution in [0.25, 0.3) is 5.57 Å². The molecule has 1 saturated heterocycles. The zero-order valence-corrected chi connectivity index (χ0v) is 13.5. The molecule has 0 spiro atoms. The Morgan fingerprint density at radius 2 is 1.74 bits per heavy atom. The Labute approximate surface area is 137 Å². The zero-order chi connectivity index (χ0) is 16.2. The van der Waals surface area contributed by atoms with E-state index in [1.54, 1.807) is 4.90 Å². The van der Waals surface area contributed by atoms with Crippen LogP contribution in [0.5, 0.6) is 0 Å². The summed E-state index contributed by atoms with van der Waals surface area (Å²) in [4.78, 5) is 13.7. The van der Waals surface area contributed by atoms with Crippen LogP contribution in [0.1, 0.15) is 30.9 Å². The van der Waals surface area contributed by atoms with Crippen molar-refractivity contribution < 1.29 is 9.53 Å². The van der Waals surface area contributed by atoms with Crippen molar-refractivity contribution in [3.05, 3.63) is 78.0 Å². The lowest BCUT2D eigenvalue weighted by atomic mass is 9.88. The monoisotopic (exact) mass is 307 g/mol. The number of rotatable bonds is 4. The molecular weight excluding hydrogens is 286 g/mol. The molecule has 2 atom stereocenters. The summed E-state index contributed by atoms with van der Waals surface area (Å²) in [5, 5.41) is 0. The Hall–Kier alpha value is -2.55. The maximum absolute atomic E-state index is 12.0. The van der Waals surface area contributed by atoms with Gasteiger partial charge in [-0.15, -0.1) is 0 Å². The third-order valence-electron chi connectivity index (χ3n) is 4.29. The lowest BCUT2D eigenvalue weighted by Gasteiger charge is -2.21. The predicted octanol–water partition coefficient (Wildman–Crippen LogP) is 4.67. The SMILES string of the molecule is C[C@H](/C(=C\N1C(=O)OC[C@H]1C)c1ccccc1)c1ccccc1. The molecule has 1 fully saturated rings. The third-order valence-corrected chi connectivity index (χ3v) is 4.29. The Morgan fingerprint density at radius 3 is 2.30 bits per heavy atom. The van der Waals surface area contributed by atoms with Crippen molar-refractivity contribution in [2.75, 3.05) is 6.61 Å². The van der Waals surface area contributed by atoms with E-state index in [1.165, 1.54) is 5.56 Å². The van der Waals surface area contributed by atoms with Crippen LogP contribution in [0.4, 0.5) is 4.79 Å². The van der Waals surface area contributed by atoms with E-state index in [4.69, 9.17) is 4.74 Å². The molecule has 0 aliphatic carbocycles. The number of allylic oxidation sites excluding steroid dienone is 1. The summed E-state index contributed by atoms with van der Waals surface area (Å²) in [7, 11) is 0. The molecule has 3 rings (SSSR count). The van der Waals surface area contributed by atoms with Crippen molar-refractivity contribution >= 4 is 11.7 Å². The molecule has 0 saturated carbocycles. The van der Waals surface area contributed by atoms with Gasteiger partial charge in [0, 0.05) is 12.1 Å². The van der Waals surface area contributed by atoms with Gasteiger partial charge >= 0.3 is 6.09 Å². The summed E-state index contributed by atoms with van der Waals surface area (Å²) in [5.41, 5.74) is 3.46. The highest BCUT2D eigenvalue weighted by atomic mass is 16.6. The lowest BCUT2D eigenvalue weighted by Crippen LogP contribution is -2.26. The minimum Gasteiger partial charge on any atom is -0.447 e. The second-order valence-corrected chi connectivity index (χ2v) is 5.92. The molecule has 1 aliphatic heterocycles. The van der Waals surface area contributed by atoms with E-state index in [-0.39, 0.29) is 18.1 Å². The van der Waals surface area contributed by atoms with Crippen LogP contribution in [-0.4, -0.2) is 23.6 Å². The van der Waals surface area contributed by atoms with Crippen molar-refractivity contribution in [3.8, 4) is 0 Å². The number of benzene rings is 2. The molecule has 0 unspecified atom stereocenters. The molecular formula is C20H21NO2. The van der Waals surface area contributed by atoms with E-state index in [2.05, 4.69) is 31.2 Å². The number of hydrogen-bond donors (Lipinski definition) is 0. The first kappa shape index (κ1) is 15.3. The molecule has 1 amide bonds. The summed E-state index contributed by atoms with van der Waals surface area (Å²) in [6, 6.07) is 20.6. The number of amides is 1. The smallest absolute Gasteiger partial charge is 0.414 e. The second kappa shape index (κ2) is 6.69. The molecule has 2 aromatic carbocycles. The van der Waals surface area contributed by atoms with Gasteiger partial charge in [0.15, 0.2) is 0 Å². The Morgan fingerprint density at radius 1 is 1.13 bits per heavy atom. The average Bonchev–Trinajstić information content (AvgIpc) is 2.92. The van der Waals surface area contributed by atoms with Crippen LogP contribution >= 0.6 is 0 Å². The van der Waals surface area contributed by atoms with Crippen molar-refractivity contribution in [2.24, 2.45) is 0 Å². The van der Waals surface area contributed by atoms with Gasteiger partial charge in [0.05, 0.1) is 6.04 Å². The Kier molecular flexibility index (Phi) is 4.47. The summed E-state index contributed by atoms with van der Waals surface area (Å²) in [6.07, 6.45) is 1.68. The second-order valence-electron chi connectivity index (χ2n) is 5.92. The van der Waals surface area contributed by atoms with Crippen molar-refractivity contribution in [2.45, 2.75) is 25.8 Å². The predicted molar refractivity (Wildman–Crippen MR) is 91.9 cm³/mol. The third kappa shape index (κ3) is 3.29. The van der Waals surface area contributed by atoms with Gasteiger partial charge in [0.25, 0.3) is 0 Å². The molecule has 0 radical (unpaired) electrons.